The van der Waals surface area contributed by atoms with Gasteiger partial charge in [0.05, 0.1) is 152 Å². The molecule has 4 N–H and O–H groups in total. The molecule has 12 saturated heterocycles. The van der Waals surface area contributed by atoms with Gasteiger partial charge in [0.2, 0.25) is 5.88 Å². The highest BCUT2D eigenvalue weighted by Gasteiger charge is 2.59. The number of piperidine rings is 12. The number of benzene rings is 6. The molecule has 12 aliphatic heterocycles. The van der Waals surface area contributed by atoms with E-state index in [1.165, 1.54) is 50.5 Å². The number of nitrogens with zero attached hydrogens (tertiary/aromatic N) is 12. The zero-order chi connectivity index (χ0) is 97.6. The standard InChI is InChI=1S/C29H37N4O4.C29H34N3O6.C27H29F2N2O2.C26H30N3O2.4CH3/c1-5-19-17-33(18-21-15-27(36-6-2)32-29(31-21)37-7-3)13-11-20(19)14-26(33)28(34)23-10-12-30-25-9-8-22(35-4)16-24(23)25;1-5-18-16-32(17-20-13-27(37-3)28(38-4)15-25(20)31(34)35)11-9-19(18)12-26(32)29(33)22-8-10-30-24-7-6-21(36-2)14-23(22)24;1-3-17-15-31(16-22-23(28)5-4-6-24(22)29)12-10-18(17)13-26(31)27(32)20-9-11-30-25-8-7-19(33-2)14-21(20)25;1-3-19-17-29(16-18-5-4-10-27-15-18)12-9-20(19)13-25(29)26(30)22-8-11-28-24-7-6-21(31-2)14-23(22)24;;;;/h5,8-10,12,15-16,19-20,26,28,34H,1,6-7,11,13-14,17-18H2,2-4H3;5-8,10,13-15,18-19,26,29,33H,1,9,11-12,16-17H2,2-4H3;3-9,11,14,17-18,26-27,32H,1,10,12-13,15-16H2,2H3;3-8,10-11,14-15,19-20,25-26,30H,1,9,12-13,16-17H2,2H3;4*1H3/q4*+1;4*-1/t19?,20?,26-,28+,33?;18?,19?,26-,29+,32?;17?,18?,26-,27+,31?;19?,20?,25-,26+,29?;;;;/m0000..../s1. The summed E-state index contributed by atoms with van der Waals surface area (Å²) in [5.74, 6) is 6.54. The van der Waals surface area contributed by atoms with E-state index in [0.717, 1.165) is 196 Å². The molecule has 12 fully saturated rings. The third kappa shape index (κ3) is 21.7. The summed E-state index contributed by atoms with van der Waals surface area (Å²) in [6, 6.07) is 44.0. The lowest BCUT2D eigenvalue weighted by molar-refractivity contribution is -0.985. The summed E-state index contributed by atoms with van der Waals surface area (Å²) in [6.07, 6.45) is 23.9. The molecule has 8 bridgehead atoms. The van der Waals surface area contributed by atoms with Crippen molar-refractivity contribution in [3.63, 3.8) is 0 Å². The Balaban J connectivity index is 0.000000159. The number of methoxy groups -OCH3 is 6. The third-order valence-corrected chi connectivity index (χ3v) is 32.2. The molecular formula is C115H142F2N12O14. The Morgan fingerprint density at radius 3 is 1.12 bits per heavy atom. The highest BCUT2D eigenvalue weighted by Crippen LogP contribution is 2.55. The number of pyridine rings is 5. The first-order valence-corrected chi connectivity index (χ1v) is 48.6. The van der Waals surface area contributed by atoms with Crippen LogP contribution in [0.3, 0.4) is 0 Å². The van der Waals surface area contributed by atoms with Gasteiger partial charge in [-0.15, -0.1) is 26.3 Å². The lowest BCUT2D eigenvalue weighted by atomic mass is 9.71. The average molecular weight is 1950 g/mol. The summed E-state index contributed by atoms with van der Waals surface area (Å²) in [5.41, 5.74) is 9.44. The molecule has 26 nitrogen and oxygen atoms in total. The van der Waals surface area contributed by atoms with Gasteiger partial charge in [0.1, 0.15) is 115 Å². The van der Waals surface area contributed by atoms with E-state index in [-0.39, 0.29) is 88.4 Å². The van der Waals surface area contributed by atoms with Gasteiger partial charge in [0.25, 0.3) is 5.69 Å². The fourth-order valence-electron chi connectivity index (χ4n) is 25.1. The summed E-state index contributed by atoms with van der Waals surface area (Å²) in [6.45, 7) is 30.4. The summed E-state index contributed by atoms with van der Waals surface area (Å²) in [4.78, 5) is 43.2. The van der Waals surface area contributed by atoms with E-state index in [0.29, 0.717) is 111 Å². The molecule has 0 amide bonds. The second-order valence-electron chi connectivity index (χ2n) is 39.0. The molecule has 0 aliphatic carbocycles. The Hall–Kier alpha value is -12.5. The number of halogens is 2. The zero-order valence-corrected chi connectivity index (χ0v) is 84.7. The van der Waals surface area contributed by atoms with E-state index in [9.17, 15) is 39.3 Å². The molecule has 24 rings (SSSR count). The lowest BCUT2D eigenvalue weighted by Crippen LogP contribution is -2.67. The number of aliphatic hydroxyl groups is 4. The van der Waals surface area contributed by atoms with E-state index < -0.39 is 36.1 Å². The Morgan fingerprint density at radius 2 is 0.783 bits per heavy atom. The van der Waals surface area contributed by atoms with E-state index in [1.807, 2.05) is 154 Å². The first-order chi connectivity index (χ1) is 67.4. The normalized spacial score (nSPS) is 25.8. The molecule has 0 spiro atoms. The van der Waals surface area contributed by atoms with Crippen molar-refractivity contribution in [2.75, 3.05) is 108 Å². The number of nitro benzene ring substituents is 1. The molecule has 6 aromatic heterocycles. The van der Waals surface area contributed by atoms with Gasteiger partial charge >= 0.3 is 6.01 Å². The van der Waals surface area contributed by atoms with Crippen molar-refractivity contribution in [3.05, 3.63) is 329 Å². The van der Waals surface area contributed by atoms with E-state index >= 15 is 0 Å². The first-order valence-electron chi connectivity index (χ1n) is 48.6. The van der Waals surface area contributed by atoms with Crippen LogP contribution in [0.1, 0.15) is 134 Å². The summed E-state index contributed by atoms with van der Waals surface area (Å²) in [7, 11) is 9.54. The van der Waals surface area contributed by atoms with E-state index in [1.54, 1.807) is 53.1 Å². The molecule has 0 saturated carbocycles. The topological polar surface area (TPSA) is 288 Å². The monoisotopic (exact) mass is 1950 g/mol. The Kier molecular flexibility index (Phi) is 35.0. The lowest BCUT2D eigenvalue weighted by Gasteiger charge is -2.58. The van der Waals surface area contributed by atoms with Crippen molar-refractivity contribution in [3.8, 4) is 46.4 Å². The van der Waals surface area contributed by atoms with Crippen molar-refractivity contribution in [1.82, 2.24) is 34.9 Å². The van der Waals surface area contributed by atoms with E-state index in [2.05, 4.69) is 74.4 Å². The second kappa shape index (κ2) is 46.5. The molecule has 20 atom stereocenters. The van der Waals surface area contributed by atoms with Crippen LogP contribution in [0.15, 0.2) is 233 Å². The van der Waals surface area contributed by atoms with Gasteiger partial charge in [-0.2, -0.15) is 9.97 Å². The van der Waals surface area contributed by atoms with Crippen LogP contribution < -0.4 is 37.9 Å². The number of hydrogen-bond donors (Lipinski definition) is 4. The van der Waals surface area contributed by atoms with Crippen LogP contribution >= 0.6 is 0 Å². The zero-order valence-electron chi connectivity index (χ0n) is 84.7. The van der Waals surface area contributed by atoms with Crippen LogP contribution in [0.25, 0.3) is 43.6 Å². The van der Waals surface area contributed by atoms with Crippen molar-refractivity contribution in [2.24, 2.45) is 47.3 Å². The molecule has 0 radical (unpaired) electrons. The highest BCUT2D eigenvalue weighted by molar-refractivity contribution is 5.87. The average Bonchev–Trinajstić information content (AvgIpc) is 0.739. The van der Waals surface area contributed by atoms with Crippen LogP contribution in [-0.2, 0) is 26.2 Å². The summed E-state index contributed by atoms with van der Waals surface area (Å²) in [5, 5.41) is 63.3. The number of aromatic nitrogens is 7. The molecule has 12 unspecified atom stereocenters. The number of rotatable bonds is 31. The van der Waals surface area contributed by atoms with Gasteiger partial charge < -0.3 is 106 Å². The molecule has 760 valence electrons. The van der Waals surface area contributed by atoms with Gasteiger partial charge in [0, 0.05) is 145 Å². The minimum absolute atomic E-state index is 0. The fourth-order valence-corrected chi connectivity index (χ4v) is 25.1. The number of aliphatic hydroxyl groups excluding tert-OH is 4. The van der Waals surface area contributed by atoms with Crippen molar-refractivity contribution in [1.29, 1.82) is 0 Å². The van der Waals surface area contributed by atoms with Gasteiger partial charge in [-0.05, 0) is 181 Å². The number of ether oxygens (including phenoxy) is 8. The Morgan fingerprint density at radius 1 is 0.427 bits per heavy atom. The molecule has 12 aliphatic rings. The predicted octanol–water partition coefficient (Wildman–Crippen LogP) is 20.5. The minimum Gasteiger partial charge on any atom is -0.497 e. The molecule has 18 heterocycles. The Bertz CT molecular complexity index is 6420. The molecule has 12 aromatic rings. The summed E-state index contributed by atoms with van der Waals surface area (Å²) < 4.78 is 76.0. The second-order valence-corrected chi connectivity index (χ2v) is 39.0. The molecule has 143 heavy (non-hydrogen) atoms. The van der Waals surface area contributed by atoms with Gasteiger partial charge in [-0.25, -0.2) is 8.78 Å². The van der Waals surface area contributed by atoms with Gasteiger partial charge in [-0.3, -0.25) is 35.0 Å². The quantitative estimate of drug-likeness (QED) is 0.0103. The Labute approximate surface area is 840 Å². The van der Waals surface area contributed by atoms with Crippen LogP contribution in [0.4, 0.5) is 14.5 Å². The SMILES string of the molecule is C=CC1C[N+]2(Cc3c(F)cccc3F)CCC1C[C@H]2[C@H](O)c1ccnc2ccc(OC)cc12.C=CC1C[N+]2(Cc3cc(OC)c(OC)cc3[N+](=O)[O-])CCC1C[C@H]2[C@H](O)c1ccnc2ccc(OC)cc12.C=CC1C[N+]2(Cc3cc(OCC)nc(OCC)n3)CCC1C[C@H]2[C@H](O)c1ccnc2ccc(OC)cc12.C=CC1C[N+]2(Cc3cccnc3)CCC1C[C@H]2[C@H](O)c1ccnc2ccc(OC)cc12.[CH3-].[CH3-].[CH3-].[CH3-]. The minimum atomic E-state index is -0.800. The van der Waals surface area contributed by atoms with Gasteiger partial charge in [0.15, 0.2) is 11.5 Å². The van der Waals surface area contributed by atoms with Crippen LogP contribution in [0.2, 0.25) is 0 Å². The van der Waals surface area contributed by atoms with Crippen LogP contribution in [-0.4, -0.2) is 211 Å². The number of hydrogen-bond acceptors (Lipinski definition) is 21. The molecule has 28 heteroatoms. The maximum Gasteiger partial charge on any atom is 0.320 e. The maximum absolute atomic E-state index is 14.7. The fraction of sp³-hybridized carbons (Fsp3) is 0.400. The predicted molar refractivity (Wildman–Crippen MR) is 555 cm³/mol. The number of nitro groups is 1. The number of quaternary nitrogens is 4. The smallest absolute Gasteiger partial charge is 0.320 e. The van der Waals surface area contributed by atoms with Crippen LogP contribution in [0.5, 0.6) is 46.4 Å². The van der Waals surface area contributed by atoms with Gasteiger partial charge in [-0.1, -0.05) is 36.4 Å². The van der Waals surface area contributed by atoms with E-state index in [4.69, 9.17) is 42.9 Å². The maximum atomic E-state index is 14.7. The highest BCUT2D eigenvalue weighted by atomic mass is 19.1. The van der Waals surface area contributed by atoms with Crippen LogP contribution in [0, 0.1) is 98.8 Å². The molecular weight excluding hydrogens is 1810 g/mol. The van der Waals surface area contributed by atoms with Crippen molar-refractivity contribution >= 4 is 49.3 Å². The largest absolute Gasteiger partial charge is 0.497 e. The van der Waals surface area contributed by atoms with Crippen molar-refractivity contribution < 1.29 is 90.0 Å². The summed E-state index contributed by atoms with van der Waals surface area (Å²) >= 11 is 0. The van der Waals surface area contributed by atoms with Crippen molar-refractivity contribution in [2.45, 2.75) is 140 Å². The number of fused-ring (bicyclic) bond motifs is 16. The molecule has 6 aromatic carbocycles. The first kappa shape index (κ1) is 108. The third-order valence-electron chi connectivity index (χ3n) is 32.2.